The molecule has 0 unspecified atom stereocenters. The van der Waals surface area contributed by atoms with Crippen LogP contribution in [0.1, 0.15) is 5.69 Å². The van der Waals surface area contributed by atoms with Crippen molar-refractivity contribution in [3.63, 3.8) is 0 Å². The van der Waals surface area contributed by atoms with E-state index in [1.165, 1.54) is 0 Å². The highest BCUT2D eigenvalue weighted by Crippen LogP contribution is 2.28. The fourth-order valence-electron chi connectivity index (χ4n) is 1.13. The van der Waals surface area contributed by atoms with Gasteiger partial charge in [0.2, 0.25) is 0 Å². The molecule has 0 aliphatic rings. The zero-order valence-electron chi connectivity index (χ0n) is 8.23. The van der Waals surface area contributed by atoms with Crippen molar-refractivity contribution >= 4 is 35.0 Å². The van der Waals surface area contributed by atoms with E-state index in [0.717, 1.165) is 21.4 Å². The molecule has 2 rings (SSSR count). The summed E-state index contributed by atoms with van der Waals surface area (Å²) in [6.45, 7) is 0. The second-order valence-electron chi connectivity index (χ2n) is 3.05. The second kappa shape index (κ2) is 5.53. The maximum absolute atomic E-state index is 6.04. The number of rotatable bonds is 3. The maximum Gasteiger partial charge on any atom is 0.147 e. The van der Waals surface area contributed by atoms with Crippen molar-refractivity contribution in [3.05, 3.63) is 52.5 Å². The minimum atomic E-state index is 0.409. The molecule has 1 aromatic heterocycles. The molecule has 0 radical (unpaired) electrons. The van der Waals surface area contributed by atoms with Gasteiger partial charge in [0, 0.05) is 10.6 Å². The molecular formula is C11H8Cl2N2S. The average molecular weight is 271 g/mol. The predicted octanol–water partition coefficient (Wildman–Crippen LogP) is 4.08. The molecule has 0 fully saturated rings. The number of halogens is 2. The van der Waals surface area contributed by atoms with Crippen LogP contribution >= 0.6 is 35.0 Å². The summed E-state index contributed by atoms with van der Waals surface area (Å²) in [4.78, 5) is 9.18. The summed E-state index contributed by atoms with van der Waals surface area (Å²) >= 11 is 13.3. The van der Waals surface area contributed by atoms with Crippen LogP contribution in [0.2, 0.25) is 10.2 Å². The lowest BCUT2D eigenvalue weighted by molar-refractivity contribution is 1.10. The van der Waals surface area contributed by atoms with E-state index < -0.39 is 0 Å². The first-order valence-corrected chi connectivity index (χ1v) is 6.33. The summed E-state index contributed by atoms with van der Waals surface area (Å²) in [5.41, 5.74) is 0.884. The molecule has 0 saturated heterocycles. The van der Waals surface area contributed by atoms with Crippen molar-refractivity contribution < 1.29 is 0 Å². The zero-order valence-corrected chi connectivity index (χ0v) is 10.6. The van der Waals surface area contributed by atoms with Gasteiger partial charge in [0.05, 0.1) is 23.1 Å². The average Bonchev–Trinajstić information content (AvgIpc) is 2.30. The minimum absolute atomic E-state index is 0.409. The van der Waals surface area contributed by atoms with Gasteiger partial charge in [0.25, 0.3) is 0 Å². The van der Waals surface area contributed by atoms with Crippen LogP contribution in [0.5, 0.6) is 0 Å². The standard InChI is InChI=1S/C11H8Cl2N2S/c12-9-3-1-2-4-10(9)16-7-8-5-15-11(13)6-14-8/h1-6H,7H2. The molecular weight excluding hydrogens is 263 g/mol. The first-order valence-electron chi connectivity index (χ1n) is 4.59. The van der Waals surface area contributed by atoms with Crippen molar-refractivity contribution in [3.8, 4) is 0 Å². The highest BCUT2D eigenvalue weighted by Gasteiger charge is 2.01. The molecule has 82 valence electrons. The number of thioether (sulfide) groups is 1. The number of hydrogen-bond acceptors (Lipinski definition) is 3. The second-order valence-corrected chi connectivity index (χ2v) is 4.86. The summed E-state index contributed by atoms with van der Waals surface area (Å²) in [6.07, 6.45) is 3.22. The van der Waals surface area contributed by atoms with Gasteiger partial charge in [-0.15, -0.1) is 11.8 Å². The van der Waals surface area contributed by atoms with Gasteiger partial charge in [-0.05, 0) is 12.1 Å². The van der Waals surface area contributed by atoms with Crippen molar-refractivity contribution in [1.29, 1.82) is 0 Å². The van der Waals surface area contributed by atoms with Gasteiger partial charge in [-0.1, -0.05) is 35.3 Å². The molecule has 2 aromatic rings. The highest BCUT2D eigenvalue weighted by atomic mass is 35.5. The molecule has 0 amide bonds. The molecule has 0 aliphatic carbocycles. The summed E-state index contributed by atoms with van der Waals surface area (Å²) in [6, 6.07) is 7.73. The van der Waals surface area contributed by atoms with Crippen molar-refractivity contribution in [1.82, 2.24) is 9.97 Å². The third-order valence-electron chi connectivity index (χ3n) is 1.89. The number of nitrogens with zero attached hydrogens (tertiary/aromatic N) is 2. The van der Waals surface area contributed by atoms with Gasteiger partial charge in [0.15, 0.2) is 0 Å². The quantitative estimate of drug-likeness (QED) is 0.787. The van der Waals surface area contributed by atoms with Crippen LogP contribution in [-0.2, 0) is 5.75 Å². The van der Waals surface area contributed by atoms with Crippen LogP contribution in [0.4, 0.5) is 0 Å². The van der Waals surface area contributed by atoms with Crippen molar-refractivity contribution in [2.75, 3.05) is 0 Å². The lowest BCUT2D eigenvalue weighted by Gasteiger charge is -2.02. The van der Waals surface area contributed by atoms with Gasteiger partial charge < -0.3 is 0 Å². The minimum Gasteiger partial charge on any atom is -0.256 e. The first kappa shape index (κ1) is 11.7. The maximum atomic E-state index is 6.04. The van der Waals surface area contributed by atoms with E-state index in [2.05, 4.69) is 9.97 Å². The third-order valence-corrected chi connectivity index (χ3v) is 3.63. The molecule has 16 heavy (non-hydrogen) atoms. The van der Waals surface area contributed by atoms with Gasteiger partial charge >= 0.3 is 0 Å². The lowest BCUT2D eigenvalue weighted by atomic mass is 10.4. The molecule has 0 spiro atoms. The number of benzene rings is 1. The Kier molecular flexibility index (Phi) is 4.04. The lowest BCUT2D eigenvalue weighted by Crippen LogP contribution is -1.88. The summed E-state index contributed by atoms with van der Waals surface area (Å²) in [5, 5.41) is 1.17. The monoisotopic (exact) mass is 270 g/mol. The van der Waals surface area contributed by atoms with Crippen LogP contribution in [-0.4, -0.2) is 9.97 Å². The molecule has 0 bridgehead atoms. The Balaban J connectivity index is 2.02. The first-order chi connectivity index (χ1) is 7.75. The summed E-state index contributed by atoms with van der Waals surface area (Å²) in [5.74, 6) is 0.730. The van der Waals surface area contributed by atoms with Gasteiger partial charge in [-0.2, -0.15) is 0 Å². The topological polar surface area (TPSA) is 25.8 Å². The van der Waals surface area contributed by atoms with Crippen LogP contribution in [0, 0.1) is 0 Å². The summed E-state index contributed by atoms with van der Waals surface area (Å²) < 4.78 is 0. The van der Waals surface area contributed by atoms with Crippen molar-refractivity contribution in [2.45, 2.75) is 10.6 Å². The SMILES string of the molecule is Clc1cnc(CSc2ccccc2Cl)cn1. The van der Waals surface area contributed by atoms with E-state index in [1.807, 2.05) is 24.3 Å². The normalized spacial score (nSPS) is 10.4. The Morgan fingerprint density at radius 3 is 2.56 bits per heavy atom. The Morgan fingerprint density at radius 2 is 1.88 bits per heavy atom. The fourth-order valence-corrected chi connectivity index (χ4v) is 2.36. The molecule has 1 heterocycles. The fraction of sp³-hybridized carbons (Fsp3) is 0.0909. The molecule has 0 atom stereocenters. The molecule has 0 N–H and O–H groups in total. The van der Waals surface area contributed by atoms with Gasteiger partial charge in [-0.25, -0.2) is 4.98 Å². The van der Waals surface area contributed by atoms with Crippen LogP contribution in [0.25, 0.3) is 0 Å². The van der Waals surface area contributed by atoms with E-state index >= 15 is 0 Å². The molecule has 0 aliphatic heterocycles. The van der Waals surface area contributed by atoms with Crippen LogP contribution < -0.4 is 0 Å². The van der Waals surface area contributed by atoms with E-state index in [1.54, 1.807) is 24.2 Å². The largest absolute Gasteiger partial charge is 0.256 e. The molecule has 2 nitrogen and oxygen atoms in total. The van der Waals surface area contributed by atoms with E-state index in [0.29, 0.717) is 5.15 Å². The summed E-state index contributed by atoms with van der Waals surface area (Å²) in [7, 11) is 0. The Labute approximate surface area is 108 Å². The Morgan fingerprint density at radius 1 is 1.06 bits per heavy atom. The van der Waals surface area contributed by atoms with Crippen LogP contribution in [0.3, 0.4) is 0 Å². The zero-order chi connectivity index (χ0) is 11.4. The van der Waals surface area contributed by atoms with Crippen molar-refractivity contribution in [2.24, 2.45) is 0 Å². The highest BCUT2D eigenvalue weighted by molar-refractivity contribution is 7.98. The van der Waals surface area contributed by atoms with Crippen LogP contribution in [0.15, 0.2) is 41.6 Å². The Bertz CT molecular complexity index is 474. The molecule has 5 heteroatoms. The third kappa shape index (κ3) is 3.11. The van der Waals surface area contributed by atoms with E-state index in [9.17, 15) is 0 Å². The Hall–Kier alpha value is -0.770. The number of aromatic nitrogens is 2. The number of hydrogen-bond donors (Lipinski definition) is 0. The predicted molar refractivity (Wildman–Crippen MR) is 68.1 cm³/mol. The molecule has 1 aromatic carbocycles. The van der Waals surface area contributed by atoms with Gasteiger partial charge in [-0.3, -0.25) is 4.98 Å². The van der Waals surface area contributed by atoms with E-state index in [4.69, 9.17) is 23.2 Å². The molecule has 0 saturated carbocycles. The smallest absolute Gasteiger partial charge is 0.147 e. The van der Waals surface area contributed by atoms with Gasteiger partial charge in [0.1, 0.15) is 5.15 Å². The van der Waals surface area contributed by atoms with E-state index in [-0.39, 0.29) is 0 Å².